The fraction of sp³-hybridized carbons (Fsp3) is 0.250. The van der Waals surface area contributed by atoms with Crippen molar-refractivity contribution in [2.45, 2.75) is 10.7 Å². The maximum Gasteiger partial charge on any atom is 0.217 e. The maximum atomic E-state index is 5.87. The highest BCUT2D eigenvalue weighted by atomic mass is 35.6. The molecule has 1 aromatic carbocycles. The highest BCUT2D eigenvalue weighted by molar-refractivity contribution is 6.67. The lowest BCUT2D eigenvalue weighted by Crippen LogP contribution is -2.01. The minimum absolute atomic E-state index is 0.398. The van der Waals surface area contributed by atoms with Gasteiger partial charge in [0.05, 0.1) is 0 Å². The van der Waals surface area contributed by atoms with E-state index in [1.165, 1.54) is 0 Å². The van der Waals surface area contributed by atoms with Crippen molar-refractivity contribution >= 4 is 58.0 Å². The van der Waals surface area contributed by atoms with E-state index in [-0.39, 0.29) is 0 Å². The zero-order chi connectivity index (χ0) is 10.2. The number of aryl methyl sites for hydroxylation is 1. The predicted molar refractivity (Wildman–Crippen MR) is 60.4 cm³/mol. The molecule has 72 valence electrons. The third-order valence-electron chi connectivity index (χ3n) is 1.55. The zero-order valence-corrected chi connectivity index (χ0v) is 10.3. The van der Waals surface area contributed by atoms with Crippen LogP contribution in [0, 0.1) is 6.92 Å². The van der Waals surface area contributed by atoms with E-state index in [4.69, 9.17) is 58.0 Å². The molecule has 0 atom stereocenters. The SMILES string of the molecule is Cc1cc(Cl)c(C(Cl)(Cl)Cl)cc1Cl. The Balaban J connectivity index is 3.32. The maximum absolute atomic E-state index is 5.87. The van der Waals surface area contributed by atoms with Crippen LogP contribution in [0.5, 0.6) is 0 Å². The van der Waals surface area contributed by atoms with Crippen LogP contribution in [-0.4, -0.2) is 0 Å². The van der Waals surface area contributed by atoms with E-state index in [0.29, 0.717) is 15.6 Å². The number of hydrogen-bond donors (Lipinski definition) is 0. The third kappa shape index (κ3) is 2.81. The molecule has 0 aromatic heterocycles. The van der Waals surface area contributed by atoms with E-state index in [1.807, 2.05) is 6.92 Å². The van der Waals surface area contributed by atoms with Crippen LogP contribution in [0.1, 0.15) is 11.1 Å². The van der Waals surface area contributed by atoms with Gasteiger partial charge in [-0.25, -0.2) is 0 Å². The molecule has 1 rings (SSSR count). The first kappa shape index (κ1) is 11.7. The highest BCUT2D eigenvalue weighted by Gasteiger charge is 2.26. The van der Waals surface area contributed by atoms with Crippen LogP contribution in [0.25, 0.3) is 0 Å². The van der Waals surface area contributed by atoms with Gasteiger partial charge in [-0.1, -0.05) is 58.0 Å². The molecule has 0 saturated heterocycles. The van der Waals surface area contributed by atoms with Crippen molar-refractivity contribution in [2.75, 3.05) is 0 Å². The molecular weight excluding hydrogens is 273 g/mol. The summed E-state index contributed by atoms with van der Waals surface area (Å²) >= 11 is 28.8. The van der Waals surface area contributed by atoms with Crippen LogP contribution < -0.4 is 0 Å². The Labute approximate surface area is 102 Å². The average Bonchev–Trinajstić information content (AvgIpc) is 1.94. The van der Waals surface area contributed by atoms with Crippen molar-refractivity contribution in [3.05, 3.63) is 33.3 Å². The summed E-state index contributed by atoms with van der Waals surface area (Å²) in [5, 5.41) is 0.938. The van der Waals surface area contributed by atoms with Gasteiger partial charge in [0.1, 0.15) is 0 Å². The van der Waals surface area contributed by atoms with Crippen molar-refractivity contribution in [2.24, 2.45) is 0 Å². The summed E-state index contributed by atoms with van der Waals surface area (Å²) < 4.78 is -1.53. The molecular formula is C8H5Cl5. The van der Waals surface area contributed by atoms with E-state index in [9.17, 15) is 0 Å². The van der Waals surface area contributed by atoms with Gasteiger partial charge >= 0.3 is 0 Å². The average molecular weight is 278 g/mol. The third-order valence-corrected chi connectivity index (χ3v) is 2.88. The molecule has 0 radical (unpaired) electrons. The lowest BCUT2D eigenvalue weighted by atomic mass is 10.2. The molecule has 1 aromatic rings. The molecule has 0 fully saturated rings. The van der Waals surface area contributed by atoms with Crippen LogP contribution in [-0.2, 0) is 3.79 Å². The van der Waals surface area contributed by atoms with Gasteiger partial charge in [-0.2, -0.15) is 0 Å². The molecule has 0 nitrogen and oxygen atoms in total. The van der Waals surface area contributed by atoms with Crippen LogP contribution in [0.3, 0.4) is 0 Å². The molecule has 0 unspecified atom stereocenters. The summed E-state index contributed by atoms with van der Waals surface area (Å²) in [7, 11) is 0. The fourth-order valence-electron chi connectivity index (χ4n) is 0.864. The summed E-state index contributed by atoms with van der Waals surface area (Å²) in [4.78, 5) is 0. The summed E-state index contributed by atoms with van der Waals surface area (Å²) in [6.07, 6.45) is 0. The van der Waals surface area contributed by atoms with Gasteiger partial charge in [-0.15, -0.1) is 0 Å². The quantitative estimate of drug-likeness (QED) is 0.577. The number of hydrogen-bond acceptors (Lipinski definition) is 0. The van der Waals surface area contributed by atoms with Gasteiger partial charge < -0.3 is 0 Å². The van der Waals surface area contributed by atoms with E-state index in [2.05, 4.69) is 0 Å². The lowest BCUT2D eigenvalue weighted by molar-refractivity contribution is 1.23. The molecule has 0 aliphatic rings. The highest BCUT2D eigenvalue weighted by Crippen LogP contribution is 2.43. The fourth-order valence-corrected chi connectivity index (χ4v) is 2.00. The molecule has 0 bridgehead atoms. The molecule has 0 spiro atoms. The Morgan fingerprint density at radius 2 is 1.54 bits per heavy atom. The minimum atomic E-state index is -1.53. The molecule has 0 N–H and O–H groups in total. The second-order valence-corrected chi connectivity index (χ2v) is 5.67. The Bertz CT molecular complexity index is 326. The van der Waals surface area contributed by atoms with Gasteiger partial charge in [0.25, 0.3) is 0 Å². The number of rotatable bonds is 0. The Kier molecular flexibility index (Phi) is 3.65. The molecule has 0 heterocycles. The van der Waals surface area contributed by atoms with Crippen LogP contribution in [0.15, 0.2) is 12.1 Å². The number of benzene rings is 1. The monoisotopic (exact) mass is 276 g/mol. The van der Waals surface area contributed by atoms with Crippen molar-refractivity contribution < 1.29 is 0 Å². The van der Waals surface area contributed by atoms with Crippen molar-refractivity contribution in [3.8, 4) is 0 Å². The van der Waals surface area contributed by atoms with Gasteiger partial charge in [0.2, 0.25) is 3.79 Å². The van der Waals surface area contributed by atoms with Gasteiger partial charge in [0, 0.05) is 15.6 Å². The van der Waals surface area contributed by atoms with Crippen molar-refractivity contribution in [1.29, 1.82) is 0 Å². The first-order valence-electron chi connectivity index (χ1n) is 3.35. The zero-order valence-electron chi connectivity index (χ0n) is 6.54. The summed E-state index contributed by atoms with van der Waals surface area (Å²) in [6.45, 7) is 1.83. The van der Waals surface area contributed by atoms with Gasteiger partial charge in [-0.3, -0.25) is 0 Å². The topological polar surface area (TPSA) is 0 Å². The second-order valence-electron chi connectivity index (χ2n) is 2.58. The van der Waals surface area contributed by atoms with Gasteiger partial charge in [-0.05, 0) is 24.6 Å². The van der Waals surface area contributed by atoms with E-state index >= 15 is 0 Å². The first-order valence-corrected chi connectivity index (χ1v) is 5.24. The molecule has 0 saturated carbocycles. The van der Waals surface area contributed by atoms with E-state index in [1.54, 1.807) is 12.1 Å². The summed E-state index contributed by atoms with van der Waals surface area (Å²) in [5.41, 5.74) is 1.25. The number of alkyl halides is 3. The minimum Gasteiger partial charge on any atom is -0.0840 e. The Morgan fingerprint density at radius 1 is 1.00 bits per heavy atom. The van der Waals surface area contributed by atoms with Crippen molar-refractivity contribution in [1.82, 2.24) is 0 Å². The predicted octanol–water partition coefficient (Wildman–Crippen LogP) is 5.13. The lowest BCUT2D eigenvalue weighted by Gasteiger charge is -2.14. The summed E-state index contributed by atoms with van der Waals surface area (Å²) in [6, 6.07) is 3.23. The van der Waals surface area contributed by atoms with Crippen LogP contribution in [0.2, 0.25) is 10.0 Å². The van der Waals surface area contributed by atoms with Crippen LogP contribution >= 0.6 is 58.0 Å². The largest absolute Gasteiger partial charge is 0.217 e. The van der Waals surface area contributed by atoms with Crippen LogP contribution in [0.4, 0.5) is 0 Å². The smallest absolute Gasteiger partial charge is 0.0840 e. The first-order chi connectivity index (χ1) is 5.82. The second kappa shape index (κ2) is 4.04. The Morgan fingerprint density at radius 3 is 2.00 bits per heavy atom. The molecule has 5 heteroatoms. The number of halogens is 5. The van der Waals surface area contributed by atoms with E-state index < -0.39 is 3.79 Å². The van der Waals surface area contributed by atoms with Gasteiger partial charge in [0.15, 0.2) is 0 Å². The standard InChI is InChI=1S/C8H5Cl5/c1-4-2-7(10)5(3-6(4)9)8(11,12)13/h2-3H,1H3. The summed E-state index contributed by atoms with van der Waals surface area (Å²) in [5.74, 6) is 0. The molecule has 0 aliphatic heterocycles. The Hall–Kier alpha value is 0.670. The van der Waals surface area contributed by atoms with Crippen molar-refractivity contribution in [3.63, 3.8) is 0 Å². The molecule has 13 heavy (non-hydrogen) atoms. The van der Waals surface area contributed by atoms with E-state index in [0.717, 1.165) is 5.56 Å². The normalized spacial score (nSPS) is 11.8. The molecule has 0 amide bonds. The molecule has 0 aliphatic carbocycles.